The number of aromatic hydroxyl groups is 1. The van der Waals surface area contributed by atoms with Crippen LogP contribution in [-0.4, -0.2) is 29.8 Å². The Hall–Kier alpha value is -1.26. The molecule has 0 heterocycles. The van der Waals surface area contributed by atoms with Gasteiger partial charge in [0.05, 0.1) is 7.11 Å². The molecule has 1 aromatic rings. The molecule has 1 aliphatic rings. The molecule has 0 aromatic heterocycles. The van der Waals surface area contributed by atoms with E-state index in [0.29, 0.717) is 12.3 Å². The van der Waals surface area contributed by atoms with E-state index < -0.39 is 0 Å². The monoisotopic (exact) mass is 338 g/mol. The first-order chi connectivity index (χ1) is 11.0. The van der Waals surface area contributed by atoms with Crippen LogP contribution in [0.15, 0.2) is 18.2 Å². The Kier molecular flexibility index (Phi) is 6.72. The Balaban J connectivity index is 2.10. The van der Waals surface area contributed by atoms with Gasteiger partial charge >= 0.3 is 0 Å². The lowest BCUT2D eigenvalue weighted by Crippen LogP contribution is -2.28. The minimum atomic E-state index is -0.0728. The molecule has 0 radical (unpaired) electrons. The lowest BCUT2D eigenvalue weighted by Gasteiger charge is -2.28. The number of hydrogen-bond donors (Lipinski definition) is 3. The van der Waals surface area contributed by atoms with Crippen molar-refractivity contribution in [3.63, 3.8) is 0 Å². The molecule has 1 aliphatic carbocycles. The molecule has 4 nitrogen and oxygen atoms in total. The van der Waals surface area contributed by atoms with Crippen molar-refractivity contribution < 1.29 is 9.84 Å². The third-order valence-corrected chi connectivity index (χ3v) is 5.07. The SMILES string of the molecule is CCNC(CC(=N)C1CCC(Cl)CC1)c1cc(OC)ccc1O. The molecular weight excluding hydrogens is 312 g/mol. The van der Waals surface area contributed by atoms with Gasteiger partial charge in [-0.1, -0.05) is 6.92 Å². The summed E-state index contributed by atoms with van der Waals surface area (Å²) in [6, 6.07) is 5.18. The van der Waals surface area contributed by atoms with Crippen LogP contribution in [0.3, 0.4) is 0 Å². The van der Waals surface area contributed by atoms with Crippen LogP contribution in [0.2, 0.25) is 0 Å². The van der Waals surface area contributed by atoms with Crippen LogP contribution in [0.5, 0.6) is 11.5 Å². The van der Waals surface area contributed by atoms with E-state index in [9.17, 15) is 5.11 Å². The molecule has 1 unspecified atom stereocenters. The van der Waals surface area contributed by atoms with E-state index in [-0.39, 0.29) is 17.2 Å². The number of alkyl halides is 1. The van der Waals surface area contributed by atoms with Gasteiger partial charge in [-0.05, 0) is 56.3 Å². The topological polar surface area (TPSA) is 65.3 Å². The fraction of sp³-hybridized carbons (Fsp3) is 0.611. The maximum absolute atomic E-state index is 10.2. The molecule has 5 heteroatoms. The van der Waals surface area contributed by atoms with E-state index in [0.717, 1.165) is 49.3 Å². The van der Waals surface area contributed by atoms with Gasteiger partial charge < -0.3 is 20.6 Å². The molecule has 0 bridgehead atoms. The number of hydrogen-bond acceptors (Lipinski definition) is 4. The Labute approximate surface area is 143 Å². The summed E-state index contributed by atoms with van der Waals surface area (Å²) in [4.78, 5) is 0. The first kappa shape index (κ1) is 18.1. The van der Waals surface area contributed by atoms with Crippen molar-refractivity contribution in [3.05, 3.63) is 23.8 Å². The number of halogens is 1. The van der Waals surface area contributed by atoms with Crippen molar-refractivity contribution in [2.24, 2.45) is 5.92 Å². The summed E-state index contributed by atoms with van der Waals surface area (Å²) in [7, 11) is 1.62. The average molecular weight is 339 g/mol. The van der Waals surface area contributed by atoms with E-state index in [4.69, 9.17) is 21.7 Å². The minimum absolute atomic E-state index is 0.0728. The highest BCUT2D eigenvalue weighted by Gasteiger charge is 2.26. The van der Waals surface area contributed by atoms with E-state index in [1.165, 1.54) is 0 Å². The summed E-state index contributed by atoms with van der Waals surface area (Å²) in [5.74, 6) is 1.28. The number of phenols is 1. The number of ether oxygens (including phenoxy) is 1. The number of phenolic OH excluding ortho intramolecular Hbond substituents is 1. The molecule has 0 spiro atoms. The molecule has 128 valence electrons. The van der Waals surface area contributed by atoms with Crippen LogP contribution in [0.25, 0.3) is 0 Å². The molecule has 1 atom stereocenters. The number of nitrogens with one attached hydrogen (secondary N) is 2. The van der Waals surface area contributed by atoms with Crippen LogP contribution in [-0.2, 0) is 0 Å². The van der Waals surface area contributed by atoms with Crippen LogP contribution in [0.1, 0.15) is 50.6 Å². The molecular formula is C18H27ClN2O2. The third kappa shape index (κ3) is 4.85. The van der Waals surface area contributed by atoms with Gasteiger partial charge in [0.25, 0.3) is 0 Å². The molecule has 23 heavy (non-hydrogen) atoms. The van der Waals surface area contributed by atoms with Crippen LogP contribution < -0.4 is 10.1 Å². The number of methoxy groups -OCH3 is 1. The van der Waals surface area contributed by atoms with E-state index in [1.807, 2.05) is 13.0 Å². The van der Waals surface area contributed by atoms with Crippen molar-refractivity contribution in [3.8, 4) is 11.5 Å². The summed E-state index contributed by atoms with van der Waals surface area (Å²) in [6.45, 7) is 2.82. The Bertz CT molecular complexity index is 528. The van der Waals surface area contributed by atoms with Crippen molar-refractivity contribution >= 4 is 17.3 Å². The summed E-state index contributed by atoms with van der Waals surface area (Å²) in [5, 5.41) is 22.3. The smallest absolute Gasteiger partial charge is 0.120 e. The highest BCUT2D eigenvalue weighted by molar-refractivity contribution is 6.20. The highest BCUT2D eigenvalue weighted by Crippen LogP contribution is 2.34. The largest absolute Gasteiger partial charge is 0.508 e. The van der Waals surface area contributed by atoms with Crippen LogP contribution >= 0.6 is 11.6 Å². The zero-order chi connectivity index (χ0) is 16.8. The van der Waals surface area contributed by atoms with Gasteiger partial charge in [0, 0.05) is 29.1 Å². The Morgan fingerprint density at radius 1 is 1.39 bits per heavy atom. The number of rotatable bonds is 7. The summed E-state index contributed by atoms with van der Waals surface area (Å²) < 4.78 is 5.26. The second-order valence-corrected chi connectivity index (χ2v) is 6.83. The summed E-state index contributed by atoms with van der Waals surface area (Å²) in [6.07, 6.45) is 4.58. The molecule has 0 saturated heterocycles. The predicted octanol–water partition coefficient (Wildman–Crippen LogP) is 4.26. The lowest BCUT2D eigenvalue weighted by molar-refractivity contribution is 0.405. The second-order valence-electron chi connectivity index (χ2n) is 6.21. The van der Waals surface area contributed by atoms with Crippen LogP contribution in [0, 0.1) is 11.3 Å². The fourth-order valence-corrected chi connectivity index (χ4v) is 3.52. The van der Waals surface area contributed by atoms with E-state index in [1.54, 1.807) is 19.2 Å². The molecule has 1 aromatic carbocycles. The Morgan fingerprint density at radius 2 is 2.09 bits per heavy atom. The van der Waals surface area contributed by atoms with E-state index in [2.05, 4.69) is 5.32 Å². The molecule has 0 amide bonds. The minimum Gasteiger partial charge on any atom is -0.508 e. The van der Waals surface area contributed by atoms with Crippen molar-refractivity contribution in [2.75, 3.05) is 13.7 Å². The quantitative estimate of drug-likeness (QED) is 0.514. The first-order valence-corrected chi connectivity index (χ1v) is 8.80. The standard InChI is InChI=1S/C18H27ClN2O2/c1-3-21-17(15-10-14(23-2)8-9-18(15)22)11-16(20)12-4-6-13(19)7-5-12/h8-10,12-13,17,20-22H,3-7,11H2,1-2H3. The first-order valence-electron chi connectivity index (χ1n) is 8.36. The highest BCUT2D eigenvalue weighted by atomic mass is 35.5. The maximum Gasteiger partial charge on any atom is 0.120 e. The lowest BCUT2D eigenvalue weighted by atomic mass is 9.82. The van der Waals surface area contributed by atoms with Crippen molar-refractivity contribution in [2.45, 2.75) is 50.4 Å². The van der Waals surface area contributed by atoms with Gasteiger partial charge in [-0.3, -0.25) is 0 Å². The Morgan fingerprint density at radius 3 is 2.70 bits per heavy atom. The molecule has 0 aliphatic heterocycles. The van der Waals surface area contributed by atoms with Crippen molar-refractivity contribution in [1.29, 1.82) is 5.41 Å². The molecule has 3 N–H and O–H groups in total. The zero-order valence-electron chi connectivity index (χ0n) is 13.9. The van der Waals surface area contributed by atoms with Gasteiger partial charge in [-0.15, -0.1) is 11.6 Å². The fourth-order valence-electron chi connectivity index (χ4n) is 3.26. The summed E-state index contributed by atoms with van der Waals surface area (Å²) in [5.41, 5.74) is 1.55. The van der Waals surface area contributed by atoms with E-state index >= 15 is 0 Å². The second kappa shape index (κ2) is 8.55. The van der Waals surface area contributed by atoms with Gasteiger partial charge in [0.1, 0.15) is 11.5 Å². The summed E-state index contributed by atoms with van der Waals surface area (Å²) >= 11 is 6.16. The average Bonchev–Trinajstić information content (AvgIpc) is 2.55. The molecule has 1 fully saturated rings. The molecule has 1 saturated carbocycles. The van der Waals surface area contributed by atoms with Crippen molar-refractivity contribution in [1.82, 2.24) is 5.32 Å². The number of benzene rings is 1. The van der Waals surface area contributed by atoms with Crippen LogP contribution in [0.4, 0.5) is 0 Å². The predicted molar refractivity (Wildman–Crippen MR) is 95.0 cm³/mol. The van der Waals surface area contributed by atoms with Gasteiger partial charge in [0.15, 0.2) is 0 Å². The maximum atomic E-state index is 10.2. The zero-order valence-corrected chi connectivity index (χ0v) is 14.7. The van der Waals surface area contributed by atoms with Gasteiger partial charge in [-0.2, -0.15) is 0 Å². The normalized spacial score (nSPS) is 22.6. The van der Waals surface area contributed by atoms with Gasteiger partial charge in [-0.25, -0.2) is 0 Å². The molecule has 2 rings (SSSR count). The third-order valence-electron chi connectivity index (χ3n) is 4.63. The van der Waals surface area contributed by atoms with Gasteiger partial charge in [0.2, 0.25) is 0 Å².